The van der Waals surface area contributed by atoms with Crippen molar-refractivity contribution in [3.63, 3.8) is 0 Å². The van der Waals surface area contributed by atoms with Crippen molar-refractivity contribution in [1.82, 2.24) is 15.0 Å². The standard InChI is InChI=1S/C24H21N5O4/c1-33-20-11-5-4-10-19(20)26-15-22(30)28-27-14-18-16-8-2-3-9-17(16)23(31)29(24(18)32)21-12-6-7-13-25-21/h2-14,26,32H,15H2,1H3,(H,28,30)/b27-14+. The molecule has 9 heteroatoms. The molecule has 0 aliphatic carbocycles. The maximum absolute atomic E-state index is 13.0. The molecule has 0 atom stereocenters. The van der Waals surface area contributed by atoms with Gasteiger partial charge in [-0.05, 0) is 30.3 Å². The molecule has 0 saturated carbocycles. The zero-order chi connectivity index (χ0) is 23.2. The minimum absolute atomic E-state index is 0.0438. The second kappa shape index (κ2) is 9.65. The summed E-state index contributed by atoms with van der Waals surface area (Å²) in [6.07, 6.45) is 2.83. The molecule has 0 aliphatic rings. The number of hydrogen-bond donors (Lipinski definition) is 3. The Balaban J connectivity index is 1.59. The Morgan fingerprint density at radius 1 is 1.09 bits per heavy atom. The summed E-state index contributed by atoms with van der Waals surface area (Å²) in [5.74, 6) is 0.147. The largest absolute Gasteiger partial charge is 0.495 e. The number of nitrogens with one attached hydrogen (secondary N) is 2. The first-order valence-electron chi connectivity index (χ1n) is 10.1. The Bertz CT molecular complexity index is 1380. The number of benzene rings is 2. The van der Waals surface area contributed by atoms with E-state index in [9.17, 15) is 14.7 Å². The number of carbonyl (C=O) groups is 1. The molecule has 0 fully saturated rings. The zero-order valence-electron chi connectivity index (χ0n) is 17.7. The minimum atomic E-state index is -0.413. The Kier molecular flexibility index (Phi) is 6.31. The number of ether oxygens (including phenoxy) is 1. The third-order valence-electron chi connectivity index (χ3n) is 4.91. The first-order chi connectivity index (χ1) is 16.1. The molecule has 0 unspecified atom stereocenters. The molecule has 0 spiro atoms. The molecule has 0 saturated heterocycles. The summed E-state index contributed by atoms with van der Waals surface area (Å²) in [7, 11) is 1.55. The van der Waals surface area contributed by atoms with Gasteiger partial charge in [-0.3, -0.25) is 9.59 Å². The molecule has 3 N–H and O–H groups in total. The van der Waals surface area contributed by atoms with Crippen molar-refractivity contribution >= 4 is 28.6 Å². The lowest BCUT2D eigenvalue weighted by Gasteiger charge is -2.12. The average Bonchev–Trinajstić information content (AvgIpc) is 2.85. The van der Waals surface area contributed by atoms with Crippen molar-refractivity contribution < 1.29 is 14.6 Å². The summed E-state index contributed by atoms with van der Waals surface area (Å²) < 4.78 is 6.35. The lowest BCUT2D eigenvalue weighted by Crippen LogP contribution is -2.26. The van der Waals surface area contributed by atoms with Gasteiger partial charge in [-0.2, -0.15) is 5.10 Å². The van der Waals surface area contributed by atoms with Crippen LogP contribution in [-0.4, -0.2) is 40.4 Å². The quantitative estimate of drug-likeness (QED) is 0.299. The van der Waals surface area contributed by atoms with Crippen LogP contribution < -0.4 is 21.0 Å². The fourth-order valence-electron chi connectivity index (χ4n) is 3.36. The number of anilines is 1. The lowest BCUT2D eigenvalue weighted by atomic mass is 10.1. The third-order valence-corrected chi connectivity index (χ3v) is 4.91. The van der Waals surface area contributed by atoms with Gasteiger partial charge in [0, 0.05) is 17.0 Å². The van der Waals surface area contributed by atoms with Crippen LogP contribution in [0, 0.1) is 0 Å². The number of methoxy groups -OCH3 is 1. The summed E-state index contributed by atoms with van der Waals surface area (Å²) in [6.45, 7) is -0.0438. The van der Waals surface area contributed by atoms with Gasteiger partial charge in [0.25, 0.3) is 11.5 Å². The molecule has 9 nitrogen and oxygen atoms in total. The van der Waals surface area contributed by atoms with Gasteiger partial charge >= 0.3 is 0 Å². The van der Waals surface area contributed by atoms with E-state index in [4.69, 9.17) is 4.74 Å². The van der Waals surface area contributed by atoms with E-state index in [0.29, 0.717) is 22.2 Å². The van der Waals surface area contributed by atoms with Crippen LogP contribution in [0.4, 0.5) is 5.69 Å². The number of rotatable bonds is 7. The summed E-state index contributed by atoms with van der Waals surface area (Å²) in [6, 6.07) is 19.1. The molecule has 166 valence electrons. The Morgan fingerprint density at radius 3 is 2.58 bits per heavy atom. The van der Waals surface area contributed by atoms with Gasteiger partial charge in [-0.15, -0.1) is 0 Å². The average molecular weight is 443 g/mol. The van der Waals surface area contributed by atoms with E-state index in [0.717, 1.165) is 4.57 Å². The summed E-state index contributed by atoms with van der Waals surface area (Å²) in [4.78, 5) is 29.4. The van der Waals surface area contributed by atoms with E-state index in [1.165, 1.54) is 12.4 Å². The predicted molar refractivity (Wildman–Crippen MR) is 126 cm³/mol. The van der Waals surface area contributed by atoms with Crippen molar-refractivity contribution in [3.8, 4) is 17.4 Å². The summed E-state index contributed by atoms with van der Waals surface area (Å²) >= 11 is 0. The van der Waals surface area contributed by atoms with E-state index in [1.54, 1.807) is 61.7 Å². The van der Waals surface area contributed by atoms with E-state index < -0.39 is 11.5 Å². The van der Waals surface area contributed by atoms with Gasteiger partial charge in [-0.1, -0.05) is 36.4 Å². The van der Waals surface area contributed by atoms with E-state index >= 15 is 0 Å². The zero-order valence-corrected chi connectivity index (χ0v) is 17.7. The molecule has 33 heavy (non-hydrogen) atoms. The highest BCUT2D eigenvalue weighted by Crippen LogP contribution is 2.25. The molecular formula is C24H21N5O4. The third kappa shape index (κ3) is 4.52. The van der Waals surface area contributed by atoms with E-state index in [2.05, 4.69) is 20.8 Å². The first kappa shape index (κ1) is 21.6. The molecule has 2 heterocycles. The maximum atomic E-state index is 13.0. The predicted octanol–water partition coefficient (Wildman–Crippen LogP) is 2.66. The van der Waals surface area contributed by atoms with E-state index in [1.807, 2.05) is 12.1 Å². The van der Waals surface area contributed by atoms with Crippen molar-refractivity contribution in [2.75, 3.05) is 19.0 Å². The molecule has 0 aliphatic heterocycles. The number of hydrogen-bond acceptors (Lipinski definition) is 7. The first-order valence-corrected chi connectivity index (χ1v) is 10.1. The van der Waals surface area contributed by atoms with Gasteiger partial charge in [-0.25, -0.2) is 15.0 Å². The minimum Gasteiger partial charge on any atom is -0.495 e. The van der Waals surface area contributed by atoms with Crippen molar-refractivity contribution in [2.45, 2.75) is 0 Å². The molecule has 4 aromatic rings. The molecule has 2 aromatic heterocycles. The van der Waals surface area contributed by atoms with Crippen LogP contribution in [0.1, 0.15) is 5.56 Å². The van der Waals surface area contributed by atoms with Crippen LogP contribution in [0.15, 0.2) is 82.8 Å². The number of amides is 1. The normalized spacial score (nSPS) is 10.9. The number of pyridine rings is 2. The topological polar surface area (TPSA) is 118 Å². The highest BCUT2D eigenvalue weighted by molar-refractivity contribution is 6.02. The highest BCUT2D eigenvalue weighted by atomic mass is 16.5. The second-order valence-corrected chi connectivity index (χ2v) is 6.96. The Morgan fingerprint density at radius 2 is 1.82 bits per heavy atom. The van der Waals surface area contributed by atoms with Crippen LogP contribution >= 0.6 is 0 Å². The Hall–Kier alpha value is -4.66. The molecule has 0 bridgehead atoms. The van der Waals surface area contributed by atoms with Gasteiger partial charge < -0.3 is 15.2 Å². The maximum Gasteiger partial charge on any atom is 0.267 e. The lowest BCUT2D eigenvalue weighted by molar-refractivity contribution is -0.119. The van der Waals surface area contributed by atoms with Crippen LogP contribution in [0.2, 0.25) is 0 Å². The van der Waals surface area contributed by atoms with Crippen molar-refractivity contribution in [3.05, 3.63) is 88.8 Å². The fraction of sp³-hybridized carbons (Fsp3) is 0.0833. The van der Waals surface area contributed by atoms with Crippen LogP contribution in [0.3, 0.4) is 0 Å². The molecule has 0 radical (unpaired) electrons. The van der Waals surface area contributed by atoms with Crippen molar-refractivity contribution in [1.29, 1.82) is 0 Å². The van der Waals surface area contributed by atoms with E-state index in [-0.39, 0.29) is 23.8 Å². The van der Waals surface area contributed by atoms with Crippen LogP contribution in [0.5, 0.6) is 11.6 Å². The van der Waals surface area contributed by atoms with Gasteiger partial charge in [0.2, 0.25) is 5.88 Å². The smallest absolute Gasteiger partial charge is 0.267 e. The fourth-order valence-corrected chi connectivity index (χ4v) is 3.36. The van der Waals surface area contributed by atoms with Crippen LogP contribution in [-0.2, 0) is 4.79 Å². The number of nitrogens with zero attached hydrogens (tertiary/aromatic N) is 3. The van der Waals surface area contributed by atoms with Gasteiger partial charge in [0.05, 0.1) is 31.1 Å². The Labute approximate surface area is 189 Å². The van der Waals surface area contributed by atoms with Crippen LogP contribution in [0.25, 0.3) is 16.6 Å². The number of aromatic nitrogens is 2. The molecule has 2 aromatic carbocycles. The summed E-state index contributed by atoms with van der Waals surface area (Å²) in [5, 5.41) is 18.7. The number of fused-ring (bicyclic) bond motifs is 1. The second-order valence-electron chi connectivity index (χ2n) is 6.96. The van der Waals surface area contributed by atoms with Gasteiger partial charge in [0.1, 0.15) is 11.6 Å². The molecule has 1 amide bonds. The van der Waals surface area contributed by atoms with Crippen molar-refractivity contribution in [2.24, 2.45) is 5.10 Å². The monoisotopic (exact) mass is 443 g/mol. The highest BCUT2D eigenvalue weighted by Gasteiger charge is 2.16. The number of aromatic hydroxyl groups is 1. The SMILES string of the molecule is COc1ccccc1NCC(=O)N/N=C/c1c(O)n(-c2ccccn2)c(=O)c2ccccc12. The number of hydrazone groups is 1. The number of para-hydroxylation sites is 2. The molecule has 4 rings (SSSR count). The number of carbonyl (C=O) groups excluding carboxylic acids is 1. The molecular weight excluding hydrogens is 422 g/mol. The van der Waals surface area contributed by atoms with Gasteiger partial charge in [0.15, 0.2) is 0 Å². The summed E-state index contributed by atoms with van der Waals surface area (Å²) in [5.41, 5.74) is 2.95.